The van der Waals surface area contributed by atoms with Crippen LogP contribution in [0, 0.1) is 5.92 Å². The van der Waals surface area contributed by atoms with Gasteiger partial charge in [0.2, 0.25) is 11.8 Å². The lowest BCUT2D eigenvalue weighted by Gasteiger charge is -2.40. The smallest absolute Gasteiger partial charge is 0.333 e. The topological polar surface area (TPSA) is 156 Å². The normalized spacial score (nSPS) is 25.8. The summed E-state index contributed by atoms with van der Waals surface area (Å²) in [6, 6.07) is -0.856. The minimum Gasteiger partial charge on any atom is -0.392 e. The Kier molecular flexibility index (Phi) is 11.4. The van der Waals surface area contributed by atoms with Crippen LogP contribution in [0.25, 0.3) is 0 Å². The van der Waals surface area contributed by atoms with Crippen LogP contribution < -0.4 is 0 Å². The number of barbiturate groups is 1. The highest BCUT2D eigenvalue weighted by Crippen LogP contribution is 2.24. The quantitative estimate of drug-likeness (QED) is 0.208. The van der Waals surface area contributed by atoms with Gasteiger partial charge in [-0.25, -0.2) is 4.79 Å². The average Bonchev–Trinajstić information content (AvgIpc) is 2.93. The van der Waals surface area contributed by atoms with E-state index in [2.05, 4.69) is 0 Å². The number of morpholine rings is 3. The van der Waals surface area contributed by atoms with Gasteiger partial charge < -0.3 is 29.5 Å². The highest BCUT2D eigenvalue weighted by Gasteiger charge is 2.47. The molecular weight excluding hydrogens is 514 g/mol. The number of carbonyl (C=O) groups excluding carboxylic acids is 3. The first kappa shape index (κ1) is 30.2. The van der Waals surface area contributed by atoms with E-state index >= 15 is 0 Å². The molecule has 222 valence electrons. The lowest BCUT2D eigenvalue weighted by atomic mass is 9.95. The van der Waals surface area contributed by atoms with Gasteiger partial charge in [-0.1, -0.05) is 0 Å². The molecule has 4 saturated heterocycles. The van der Waals surface area contributed by atoms with Crippen molar-refractivity contribution in [3.05, 3.63) is 0 Å². The number of imide groups is 2. The summed E-state index contributed by atoms with van der Waals surface area (Å²) in [6.45, 7) is 7.28. The summed E-state index contributed by atoms with van der Waals surface area (Å²) in [5.74, 6) is -2.75. The van der Waals surface area contributed by atoms with Gasteiger partial charge in [0, 0.05) is 58.9 Å². The van der Waals surface area contributed by atoms with Crippen molar-refractivity contribution in [2.75, 3.05) is 112 Å². The molecule has 0 radical (unpaired) electrons. The van der Waals surface area contributed by atoms with Crippen molar-refractivity contribution < 1.29 is 43.9 Å². The van der Waals surface area contributed by atoms with Crippen LogP contribution in [0.5, 0.6) is 0 Å². The third kappa shape index (κ3) is 8.62. The molecule has 0 aromatic heterocycles. The molecule has 4 amide bonds. The zero-order valence-electron chi connectivity index (χ0n) is 22.6. The van der Waals surface area contributed by atoms with Crippen LogP contribution in [0.15, 0.2) is 0 Å². The number of nitrogens with zero attached hydrogens (tertiary/aromatic N) is 5. The number of aliphatic hydroxyl groups excluding tert-OH is 3. The molecule has 14 heteroatoms. The molecule has 4 aliphatic heterocycles. The van der Waals surface area contributed by atoms with Gasteiger partial charge in [0.05, 0.1) is 71.0 Å². The van der Waals surface area contributed by atoms with Crippen molar-refractivity contribution in [3.8, 4) is 0 Å². The molecule has 0 aromatic rings. The number of β-amino-alcohol motifs (C(OH)–C–C–N with tert-alkyl or cyclic N) is 3. The highest BCUT2D eigenvalue weighted by atomic mass is 16.5. The predicted molar refractivity (Wildman–Crippen MR) is 137 cm³/mol. The van der Waals surface area contributed by atoms with E-state index in [-0.39, 0.29) is 39.1 Å². The van der Waals surface area contributed by atoms with Gasteiger partial charge in [-0.05, 0) is 6.42 Å². The van der Waals surface area contributed by atoms with E-state index in [0.717, 1.165) is 9.80 Å². The third-order valence-electron chi connectivity index (χ3n) is 7.60. The Balaban J connectivity index is 1.43. The van der Waals surface area contributed by atoms with E-state index in [4.69, 9.17) is 14.2 Å². The van der Waals surface area contributed by atoms with Crippen molar-refractivity contribution in [1.29, 1.82) is 0 Å². The maximum atomic E-state index is 13.4. The molecule has 4 rings (SSSR count). The predicted octanol–water partition coefficient (Wildman–Crippen LogP) is -3.14. The van der Waals surface area contributed by atoms with Gasteiger partial charge in [0.15, 0.2) is 0 Å². The number of rotatable bonds is 12. The Labute approximate surface area is 228 Å². The molecule has 0 bridgehead atoms. The maximum absolute atomic E-state index is 13.4. The van der Waals surface area contributed by atoms with Gasteiger partial charge in [-0.3, -0.25) is 34.1 Å². The molecule has 4 heterocycles. The van der Waals surface area contributed by atoms with E-state index < -0.39 is 42.1 Å². The SMILES string of the molecule is O=C1C(C[C@H](O)CN2CCOCC2)C(=O)N(C[C@H](O)CN2CCOCC2)C(=O)N1C[C@H](O)CN1CCOCC1. The van der Waals surface area contributed by atoms with Crippen molar-refractivity contribution in [2.24, 2.45) is 5.92 Å². The Morgan fingerprint density at radius 2 is 0.897 bits per heavy atom. The molecular formula is C25H43N5O9. The van der Waals surface area contributed by atoms with E-state index in [1.165, 1.54) is 0 Å². The first-order valence-corrected chi connectivity index (χ1v) is 13.9. The van der Waals surface area contributed by atoms with Crippen LogP contribution in [0.2, 0.25) is 0 Å². The largest absolute Gasteiger partial charge is 0.392 e. The summed E-state index contributed by atoms with van der Waals surface area (Å²) >= 11 is 0. The van der Waals surface area contributed by atoms with E-state index in [1.54, 1.807) is 0 Å². The number of aliphatic hydroxyl groups is 3. The van der Waals surface area contributed by atoms with E-state index in [9.17, 15) is 29.7 Å². The van der Waals surface area contributed by atoms with E-state index in [0.29, 0.717) is 78.9 Å². The minimum atomic E-state index is -1.29. The molecule has 39 heavy (non-hydrogen) atoms. The average molecular weight is 558 g/mol. The molecule has 0 spiro atoms. The monoisotopic (exact) mass is 557 g/mol. The maximum Gasteiger partial charge on any atom is 0.333 e. The van der Waals surface area contributed by atoms with Gasteiger partial charge in [0.1, 0.15) is 5.92 Å². The number of hydrogen-bond donors (Lipinski definition) is 3. The van der Waals surface area contributed by atoms with Crippen molar-refractivity contribution in [2.45, 2.75) is 24.7 Å². The Morgan fingerprint density at radius 3 is 1.26 bits per heavy atom. The van der Waals surface area contributed by atoms with Crippen molar-refractivity contribution in [3.63, 3.8) is 0 Å². The summed E-state index contributed by atoms with van der Waals surface area (Å²) in [4.78, 5) is 48.0. The van der Waals surface area contributed by atoms with Gasteiger partial charge in [-0.2, -0.15) is 0 Å². The summed E-state index contributed by atoms with van der Waals surface area (Å²) in [5, 5.41) is 32.3. The fraction of sp³-hybridized carbons (Fsp3) is 0.880. The number of carbonyl (C=O) groups is 3. The number of hydrogen-bond acceptors (Lipinski definition) is 12. The van der Waals surface area contributed by atoms with Crippen molar-refractivity contribution >= 4 is 17.8 Å². The van der Waals surface area contributed by atoms with Crippen LogP contribution >= 0.6 is 0 Å². The van der Waals surface area contributed by atoms with Crippen LogP contribution in [0.4, 0.5) is 4.79 Å². The highest BCUT2D eigenvalue weighted by molar-refractivity contribution is 6.16. The fourth-order valence-corrected chi connectivity index (χ4v) is 5.48. The van der Waals surface area contributed by atoms with Crippen LogP contribution in [0.1, 0.15) is 6.42 Å². The zero-order valence-corrected chi connectivity index (χ0v) is 22.6. The fourth-order valence-electron chi connectivity index (χ4n) is 5.48. The minimum absolute atomic E-state index is 0.158. The molecule has 0 unspecified atom stereocenters. The molecule has 3 N–H and O–H groups in total. The molecule has 0 saturated carbocycles. The first-order valence-electron chi connectivity index (χ1n) is 13.9. The van der Waals surface area contributed by atoms with Gasteiger partial charge in [-0.15, -0.1) is 0 Å². The molecule has 4 aliphatic rings. The Hall–Kier alpha value is -1.75. The first-order chi connectivity index (χ1) is 18.8. The van der Waals surface area contributed by atoms with Gasteiger partial charge in [0.25, 0.3) is 0 Å². The lowest BCUT2D eigenvalue weighted by molar-refractivity contribution is -0.153. The van der Waals surface area contributed by atoms with Crippen LogP contribution in [-0.4, -0.2) is 188 Å². The molecule has 0 aromatic carbocycles. The number of urea groups is 1. The Morgan fingerprint density at radius 1 is 0.564 bits per heavy atom. The third-order valence-corrected chi connectivity index (χ3v) is 7.60. The summed E-state index contributed by atoms with van der Waals surface area (Å²) in [5.41, 5.74) is 0. The number of amides is 4. The number of ether oxygens (including phenoxy) is 3. The summed E-state index contributed by atoms with van der Waals surface area (Å²) in [6.07, 6.45) is -3.19. The lowest BCUT2D eigenvalue weighted by Crippen LogP contribution is -2.63. The van der Waals surface area contributed by atoms with E-state index in [1.807, 2.05) is 14.7 Å². The molecule has 0 aliphatic carbocycles. The molecule has 14 nitrogen and oxygen atoms in total. The second kappa shape index (κ2) is 14.8. The summed E-state index contributed by atoms with van der Waals surface area (Å²) < 4.78 is 16.0. The molecule has 4 fully saturated rings. The second-order valence-electron chi connectivity index (χ2n) is 10.7. The second-order valence-corrected chi connectivity index (χ2v) is 10.7. The van der Waals surface area contributed by atoms with Gasteiger partial charge >= 0.3 is 6.03 Å². The van der Waals surface area contributed by atoms with Crippen LogP contribution in [0.3, 0.4) is 0 Å². The molecule has 3 atom stereocenters. The summed E-state index contributed by atoms with van der Waals surface area (Å²) in [7, 11) is 0. The van der Waals surface area contributed by atoms with Crippen molar-refractivity contribution in [1.82, 2.24) is 24.5 Å². The Bertz CT molecular complexity index is 695. The zero-order chi connectivity index (χ0) is 27.8. The van der Waals surface area contributed by atoms with Crippen LogP contribution in [-0.2, 0) is 23.8 Å². The standard InChI is InChI=1S/C25H43N5O9/c31-19(14-26-1-7-37-8-2-26)13-22-23(34)29(17-20(32)15-27-3-9-38-10-4-27)25(36)30(24(22)35)18-21(33)16-28-5-11-39-12-6-28/h19-22,31-33H,1-18H2/t19-,20+,21+/m0/s1.